The lowest BCUT2D eigenvalue weighted by Gasteiger charge is -2.45. The van der Waals surface area contributed by atoms with Gasteiger partial charge in [0.15, 0.2) is 5.60 Å². The van der Waals surface area contributed by atoms with Crippen molar-refractivity contribution in [3.8, 4) is 0 Å². The molecule has 0 bridgehead atoms. The Kier molecular flexibility index (Phi) is 3.56. The van der Waals surface area contributed by atoms with E-state index in [1.165, 1.54) is 11.1 Å². The van der Waals surface area contributed by atoms with Crippen LogP contribution in [0.25, 0.3) is 5.57 Å². The lowest BCUT2D eigenvalue weighted by atomic mass is 9.87. The zero-order valence-corrected chi connectivity index (χ0v) is 14.2. The van der Waals surface area contributed by atoms with E-state index in [-0.39, 0.29) is 6.10 Å². The van der Waals surface area contributed by atoms with Gasteiger partial charge in [-0.2, -0.15) is 0 Å². The van der Waals surface area contributed by atoms with Crippen molar-refractivity contribution in [2.75, 3.05) is 0 Å². The van der Waals surface area contributed by atoms with Gasteiger partial charge in [0.1, 0.15) is 6.10 Å². The fourth-order valence-electron chi connectivity index (χ4n) is 4.37. The summed E-state index contributed by atoms with van der Waals surface area (Å²) in [7, 11) is 0. The van der Waals surface area contributed by atoms with Crippen LogP contribution in [-0.2, 0) is 20.1 Å². The third-order valence-electron chi connectivity index (χ3n) is 5.72. The van der Waals surface area contributed by atoms with Gasteiger partial charge in [-0.1, -0.05) is 60.7 Å². The second-order valence-corrected chi connectivity index (χ2v) is 7.31. The molecule has 2 aliphatic carbocycles. The van der Waals surface area contributed by atoms with Crippen LogP contribution in [0, 0.1) is 0 Å². The molecule has 128 valence electrons. The predicted octanol–water partition coefficient (Wildman–Crippen LogP) is 4.99. The quantitative estimate of drug-likeness (QED) is 0.725. The van der Waals surface area contributed by atoms with Crippen LogP contribution in [-0.4, -0.2) is 11.9 Å². The molecular formula is C22H22O3. The molecule has 2 aromatic carbocycles. The maximum absolute atomic E-state index is 6.54. The van der Waals surface area contributed by atoms with Gasteiger partial charge in [-0.25, -0.2) is 9.78 Å². The van der Waals surface area contributed by atoms with E-state index in [1.807, 2.05) is 24.3 Å². The largest absolute Gasteiger partial charge is 0.336 e. The van der Waals surface area contributed by atoms with Gasteiger partial charge in [-0.05, 0) is 35.6 Å². The summed E-state index contributed by atoms with van der Waals surface area (Å²) < 4.78 is 6.54. The molecule has 1 aliphatic heterocycles. The first kappa shape index (κ1) is 15.3. The number of benzene rings is 2. The van der Waals surface area contributed by atoms with Crippen molar-refractivity contribution >= 4 is 5.57 Å². The zero-order valence-electron chi connectivity index (χ0n) is 14.2. The minimum absolute atomic E-state index is 0.128. The van der Waals surface area contributed by atoms with Gasteiger partial charge in [-0.15, -0.1) is 0 Å². The van der Waals surface area contributed by atoms with Gasteiger partial charge >= 0.3 is 0 Å². The Labute approximate surface area is 148 Å². The first-order valence-corrected chi connectivity index (χ1v) is 9.16. The van der Waals surface area contributed by atoms with Crippen LogP contribution in [0.3, 0.4) is 0 Å². The summed E-state index contributed by atoms with van der Waals surface area (Å²) in [6, 6.07) is 20.8. The predicted molar refractivity (Wildman–Crippen MR) is 95.4 cm³/mol. The van der Waals surface area contributed by atoms with E-state index in [9.17, 15) is 0 Å². The smallest absolute Gasteiger partial charge is 0.202 e. The molecule has 3 nitrogen and oxygen atoms in total. The first-order chi connectivity index (χ1) is 12.3. The molecule has 1 saturated heterocycles. The van der Waals surface area contributed by atoms with E-state index < -0.39 is 11.4 Å². The van der Waals surface area contributed by atoms with E-state index in [0.29, 0.717) is 0 Å². The highest BCUT2D eigenvalue weighted by atomic mass is 17.2. The van der Waals surface area contributed by atoms with Crippen molar-refractivity contribution in [1.82, 2.24) is 0 Å². The van der Waals surface area contributed by atoms with E-state index >= 15 is 0 Å². The molecule has 0 aromatic heterocycles. The number of hydrogen-bond acceptors (Lipinski definition) is 3. The third-order valence-corrected chi connectivity index (χ3v) is 5.72. The third kappa shape index (κ3) is 2.46. The molecule has 2 atom stereocenters. The molecule has 1 saturated carbocycles. The Morgan fingerprint density at radius 1 is 0.800 bits per heavy atom. The molecule has 2 unspecified atom stereocenters. The molecule has 2 aromatic rings. The number of rotatable bonds is 2. The van der Waals surface area contributed by atoms with Gasteiger partial charge in [0, 0.05) is 19.3 Å². The minimum atomic E-state index is -0.597. The second kappa shape index (κ2) is 5.80. The molecular weight excluding hydrogens is 312 g/mol. The molecule has 25 heavy (non-hydrogen) atoms. The normalized spacial score (nSPS) is 30.2. The van der Waals surface area contributed by atoms with Crippen LogP contribution in [0.15, 0.2) is 66.7 Å². The molecule has 1 spiro atoms. The van der Waals surface area contributed by atoms with E-state index in [2.05, 4.69) is 42.5 Å². The summed E-state index contributed by atoms with van der Waals surface area (Å²) in [5.41, 5.74) is 2.99. The lowest BCUT2D eigenvalue weighted by molar-refractivity contribution is -0.524. The van der Waals surface area contributed by atoms with Crippen LogP contribution in [0.4, 0.5) is 0 Å². The fraction of sp³-hybridized carbons (Fsp3) is 0.364. The SMILES string of the molecule is C1=C(c2ccccc2)CC2(c3ccccc3)OOC3(CCCC3)OC12. The van der Waals surface area contributed by atoms with Gasteiger partial charge in [0.2, 0.25) is 5.79 Å². The van der Waals surface area contributed by atoms with Crippen molar-refractivity contribution in [2.24, 2.45) is 0 Å². The average molecular weight is 334 g/mol. The Morgan fingerprint density at radius 2 is 1.48 bits per heavy atom. The number of ether oxygens (including phenoxy) is 1. The van der Waals surface area contributed by atoms with Crippen molar-refractivity contribution < 1.29 is 14.5 Å². The van der Waals surface area contributed by atoms with Gasteiger partial charge in [-0.3, -0.25) is 0 Å². The average Bonchev–Trinajstić information content (AvgIpc) is 3.29. The minimum Gasteiger partial charge on any atom is -0.336 e. The fourth-order valence-corrected chi connectivity index (χ4v) is 4.37. The zero-order chi connectivity index (χ0) is 16.7. The van der Waals surface area contributed by atoms with Crippen molar-refractivity contribution in [3.63, 3.8) is 0 Å². The molecule has 2 fully saturated rings. The van der Waals surface area contributed by atoms with Crippen molar-refractivity contribution in [2.45, 2.75) is 49.6 Å². The van der Waals surface area contributed by atoms with Gasteiger partial charge < -0.3 is 4.74 Å². The Hall–Kier alpha value is -1.94. The highest BCUT2D eigenvalue weighted by Gasteiger charge is 2.57. The van der Waals surface area contributed by atoms with Crippen molar-refractivity contribution in [3.05, 3.63) is 77.9 Å². The Bertz CT molecular complexity index is 777. The first-order valence-electron chi connectivity index (χ1n) is 9.16. The molecule has 1 heterocycles. The molecule has 0 radical (unpaired) electrons. The topological polar surface area (TPSA) is 27.7 Å². The van der Waals surface area contributed by atoms with Crippen molar-refractivity contribution in [1.29, 1.82) is 0 Å². The molecule has 3 heteroatoms. The molecule has 5 rings (SSSR count). The summed E-state index contributed by atoms with van der Waals surface area (Å²) in [5.74, 6) is -0.564. The highest BCUT2D eigenvalue weighted by molar-refractivity contribution is 5.70. The molecule has 0 amide bonds. The van der Waals surface area contributed by atoms with Crippen LogP contribution in [0.1, 0.15) is 43.2 Å². The second-order valence-electron chi connectivity index (χ2n) is 7.31. The van der Waals surface area contributed by atoms with Gasteiger partial charge in [0.25, 0.3) is 0 Å². The number of hydrogen-bond donors (Lipinski definition) is 0. The Balaban J connectivity index is 1.56. The van der Waals surface area contributed by atoms with E-state index in [0.717, 1.165) is 37.7 Å². The van der Waals surface area contributed by atoms with Gasteiger partial charge in [0.05, 0.1) is 0 Å². The highest BCUT2D eigenvalue weighted by Crippen LogP contribution is 2.53. The molecule has 3 aliphatic rings. The van der Waals surface area contributed by atoms with Crippen LogP contribution in [0.5, 0.6) is 0 Å². The van der Waals surface area contributed by atoms with E-state index in [1.54, 1.807) is 0 Å². The maximum atomic E-state index is 6.54. The summed E-state index contributed by atoms with van der Waals surface area (Å²) in [4.78, 5) is 12.1. The maximum Gasteiger partial charge on any atom is 0.202 e. The lowest BCUT2D eigenvalue weighted by Crippen LogP contribution is -2.53. The summed E-state index contributed by atoms with van der Waals surface area (Å²) in [6.45, 7) is 0. The van der Waals surface area contributed by atoms with Crippen LogP contribution < -0.4 is 0 Å². The van der Waals surface area contributed by atoms with Crippen LogP contribution in [0.2, 0.25) is 0 Å². The summed E-state index contributed by atoms with van der Waals surface area (Å²) in [6.07, 6.45) is 6.93. The summed E-state index contributed by atoms with van der Waals surface area (Å²) >= 11 is 0. The number of fused-ring (bicyclic) bond motifs is 1. The molecule has 0 N–H and O–H groups in total. The monoisotopic (exact) mass is 334 g/mol. The summed E-state index contributed by atoms with van der Waals surface area (Å²) in [5, 5.41) is 0. The van der Waals surface area contributed by atoms with Crippen LogP contribution >= 0.6 is 0 Å². The Morgan fingerprint density at radius 3 is 2.20 bits per heavy atom. The standard InChI is InChI=1S/C22H22O3/c1-3-9-17(10-4-1)18-15-20-22(16-18,19-11-5-2-6-12-19)25-24-21(23-20)13-7-8-14-21/h1-6,9-12,15,20H,7-8,13-14,16H2. The van der Waals surface area contributed by atoms with E-state index in [4.69, 9.17) is 14.5 Å².